The third kappa shape index (κ3) is 1.64. The summed E-state index contributed by atoms with van der Waals surface area (Å²) in [5.41, 5.74) is 0. The SMILES string of the molecule is CCC[C@@H]1C[C@@H]1C(F)(F)F. The van der Waals surface area contributed by atoms with E-state index in [9.17, 15) is 13.2 Å². The Morgan fingerprint density at radius 2 is 2.00 bits per heavy atom. The van der Waals surface area contributed by atoms with E-state index in [1.54, 1.807) is 0 Å². The number of rotatable bonds is 2. The summed E-state index contributed by atoms with van der Waals surface area (Å²) in [4.78, 5) is 0. The Morgan fingerprint density at radius 3 is 2.30 bits per heavy atom. The minimum absolute atomic E-state index is 0.0509. The molecule has 2 atom stereocenters. The summed E-state index contributed by atoms with van der Waals surface area (Å²) in [7, 11) is 0. The molecule has 60 valence electrons. The molecule has 0 aromatic rings. The molecule has 1 saturated carbocycles. The molecule has 0 saturated heterocycles. The van der Waals surface area contributed by atoms with Crippen molar-refractivity contribution in [2.45, 2.75) is 32.4 Å². The van der Waals surface area contributed by atoms with Gasteiger partial charge >= 0.3 is 6.18 Å². The Morgan fingerprint density at radius 1 is 1.40 bits per heavy atom. The molecule has 1 aliphatic rings. The first-order chi connectivity index (χ1) is 4.55. The van der Waals surface area contributed by atoms with E-state index in [2.05, 4.69) is 0 Å². The number of hydrogen-bond acceptors (Lipinski definition) is 0. The van der Waals surface area contributed by atoms with Crippen molar-refractivity contribution < 1.29 is 13.2 Å². The molecule has 0 unspecified atom stereocenters. The summed E-state index contributed by atoms with van der Waals surface area (Å²) >= 11 is 0. The molecule has 0 heterocycles. The van der Waals surface area contributed by atoms with Gasteiger partial charge < -0.3 is 0 Å². The zero-order chi connectivity index (χ0) is 7.78. The fraction of sp³-hybridized carbons (Fsp3) is 1.00. The van der Waals surface area contributed by atoms with Gasteiger partial charge in [0.2, 0.25) is 0 Å². The lowest BCUT2D eigenvalue weighted by molar-refractivity contribution is -0.151. The standard InChI is InChI=1S/C7H11F3/c1-2-3-5-4-6(5)7(8,9)10/h5-6H,2-4H2,1H3/t5-,6+/m1/s1. The van der Waals surface area contributed by atoms with Crippen molar-refractivity contribution in [2.75, 3.05) is 0 Å². The second-order valence-corrected chi connectivity index (χ2v) is 2.93. The molecule has 0 radical (unpaired) electrons. The van der Waals surface area contributed by atoms with Crippen LogP contribution < -0.4 is 0 Å². The van der Waals surface area contributed by atoms with Gasteiger partial charge in [0.05, 0.1) is 5.92 Å². The van der Waals surface area contributed by atoms with Crippen LogP contribution in [-0.2, 0) is 0 Å². The van der Waals surface area contributed by atoms with Gasteiger partial charge in [0.1, 0.15) is 0 Å². The van der Waals surface area contributed by atoms with Crippen molar-refractivity contribution in [1.29, 1.82) is 0 Å². The predicted molar refractivity (Wildman–Crippen MR) is 32.6 cm³/mol. The highest BCUT2D eigenvalue weighted by Gasteiger charge is 2.54. The fourth-order valence-corrected chi connectivity index (χ4v) is 1.34. The summed E-state index contributed by atoms with van der Waals surface area (Å²) in [6, 6.07) is 0. The monoisotopic (exact) mass is 152 g/mol. The summed E-state index contributed by atoms with van der Waals surface area (Å²) in [6.45, 7) is 1.92. The van der Waals surface area contributed by atoms with E-state index in [0.717, 1.165) is 12.8 Å². The Hall–Kier alpha value is -0.210. The molecular formula is C7H11F3. The van der Waals surface area contributed by atoms with Gasteiger partial charge in [-0.3, -0.25) is 0 Å². The largest absolute Gasteiger partial charge is 0.392 e. The van der Waals surface area contributed by atoms with E-state index in [0.29, 0.717) is 6.42 Å². The first-order valence-corrected chi connectivity index (χ1v) is 3.62. The maximum absolute atomic E-state index is 11.8. The Kier molecular flexibility index (Phi) is 1.92. The van der Waals surface area contributed by atoms with E-state index in [-0.39, 0.29) is 5.92 Å². The lowest BCUT2D eigenvalue weighted by Crippen LogP contribution is -2.11. The lowest BCUT2D eigenvalue weighted by atomic mass is 10.2. The van der Waals surface area contributed by atoms with Crippen molar-refractivity contribution in [3.63, 3.8) is 0 Å². The van der Waals surface area contributed by atoms with Crippen LogP contribution in [0.5, 0.6) is 0 Å². The second kappa shape index (κ2) is 2.44. The Bertz CT molecular complexity index is 117. The van der Waals surface area contributed by atoms with Crippen LogP contribution in [0.4, 0.5) is 13.2 Å². The van der Waals surface area contributed by atoms with Gasteiger partial charge in [0.15, 0.2) is 0 Å². The lowest BCUT2D eigenvalue weighted by Gasteiger charge is -2.03. The summed E-state index contributed by atoms with van der Waals surface area (Å²) in [5.74, 6) is -1.02. The molecule has 0 aromatic heterocycles. The average molecular weight is 152 g/mol. The van der Waals surface area contributed by atoms with E-state index in [4.69, 9.17) is 0 Å². The normalized spacial score (nSPS) is 32.4. The van der Waals surface area contributed by atoms with Gasteiger partial charge in [-0.05, 0) is 12.3 Å². The highest BCUT2D eigenvalue weighted by atomic mass is 19.4. The Labute approximate surface area is 58.4 Å². The summed E-state index contributed by atoms with van der Waals surface area (Å²) in [5, 5.41) is 0. The smallest absolute Gasteiger partial charge is 0.171 e. The van der Waals surface area contributed by atoms with Gasteiger partial charge in [-0.2, -0.15) is 13.2 Å². The van der Waals surface area contributed by atoms with Crippen LogP contribution >= 0.6 is 0 Å². The van der Waals surface area contributed by atoms with Crippen molar-refractivity contribution in [3.8, 4) is 0 Å². The first kappa shape index (κ1) is 7.89. The van der Waals surface area contributed by atoms with Crippen LogP contribution in [0.2, 0.25) is 0 Å². The van der Waals surface area contributed by atoms with Gasteiger partial charge in [-0.25, -0.2) is 0 Å². The van der Waals surface area contributed by atoms with Gasteiger partial charge in [-0.15, -0.1) is 0 Å². The number of hydrogen-bond donors (Lipinski definition) is 0. The predicted octanol–water partition coefficient (Wildman–Crippen LogP) is 2.98. The molecule has 0 nitrogen and oxygen atoms in total. The quantitative estimate of drug-likeness (QED) is 0.570. The van der Waals surface area contributed by atoms with Crippen LogP contribution in [0.25, 0.3) is 0 Å². The summed E-state index contributed by atoms with van der Waals surface area (Å²) in [6.07, 6.45) is -1.93. The molecular weight excluding hydrogens is 141 g/mol. The highest BCUT2D eigenvalue weighted by molar-refractivity contribution is 4.90. The Balaban J connectivity index is 2.25. The molecule has 1 aliphatic carbocycles. The van der Waals surface area contributed by atoms with Crippen molar-refractivity contribution in [2.24, 2.45) is 11.8 Å². The fourth-order valence-electron chi connectivity index (χ4n) is 1.34. The van der Waals surface area contributed by atoms with E-state index in [1.165, 1.54) is 0 Å². The van der Waals surface area contributed by atoms with Gasteiger partial charge in [0.25, 0.3) is 0 Å². The third-order valence-corrected chi connectivity index (χ3v) is 2.00. The van der Waals surface area contributed by atoms with E-state index in [1.807, 2.05) is 6.92 Å². The maximum Gasteiger partial charge on any atom is 0.392 e. The van der Waals surface area contributed by atoms with Crippen LogP contribution in [-0.4, -0.2) is 6.18 Å². The van der Waals surface area contributed by atoms with Crippen LogP contribution in [0.3, 0.4) is 0 Å². The molecule has 0 bridgehead atoms. The zero-order valence-electron chi connectivity index (χ0n) is 5.91. The topological polar surface area (TPSA) is 0 Å². The molecule has 1 fully saturated rings. The summed E-state index contributed by atoms with van der Waals surface area (Å²) < 4.78 is 35.4. The number of halogens is 3. The van der Waals surface area contributed by atoms with Gasteiger partial charge in [0, 0.05) is 0 Å². The van der Waals surface area contributed by atoms with E-state index >= 15 is 0 Å². The number of alkyl halides is 3. The van der Waals surface area contributed by atoms with Crippen molar-refractivity contribution >= 4 is 0 Å². The average Bonchev–Trinajstić information content (AvgIpc) is 2.44. The van der Waals surface area contributed by atoms with Crippen LogP contribution in [0.15, 0.2) is 0 Å². The zero-order valence-corrected chi connectivity index (χ0v) is 5.91. The molecule has 0 spiro atoms. The molecule has 0 aliphatic heterocycles. The highest BCUT2D eigenvalue weighted by Crippen LogP contribution is 2.51. The second-order valence-electron chi connectivity index (χ2n) is 2.93. The first-order valence-electron chi connectivity index (χ1n) is 3.62. The van der Waals surface area contributed by atoms with Crippen LogP contribution in [0, 0.1) is 11.8 Å². The van der Waals surface area contributed by atoms with Gasteiger partial charge in [-0.1, -0.05) is 19.8 Å². The minimum atomic E-state index is -3.92. The maximum atomic E-state index is 11.8. The third-order valence-electron chi connectivity index (χ3n) is 2.00. The molecule has 10 heavy (non-hydrogen) atoms. The molecule has 0 N–H and O–H groups in total. The molecule has 0 aromatic carbocycles. The van der Waals surface area contributed by atoms with Crippen molar-refractivity contribution in [3.05, 3.63) is 0 Å². The molecule has 0 amide bonds. The van der Waals surface area contributed by atoms with Crippen LogP contribution in [0.1, 0.15) is 26.2 Å². The molecule has 1 rings (SSSR count). The minimum Gasteiger partial charge on any atom is -0.171 e. The van der Waals surface area contributed by atoms with E-state index < -0.39 is 12.1 Å². The van der Waals surface area contributed by atoms with Crippen molar-refractivity contribution in [1.82, 2.24) is 0 Å². The molecule has 3 heteroatoms.